The Labute approximate surface area is 91.1 Å². The molecule has 2 heterocycles. The van der Waals surface area contributed by atoms with Crippen molar-refractivity contribution < 1.29 is 0 Å². The van der Waals surface area contributed by atoms with E-state index < -0.39 is 0 Å². The smallest absolute Gasteiger partial charge is 0.0534 e. The molecule has 84 valence electrons. The minimum Gasteiger partial charge on any atom is -0.306 e. The molecule has 0 aliphatic carbocycles. The SMILES string of the molecule is CC(NC1CC(C)N(C)C1)c1cn[nH]c1. The average Bonchev–Trinajstić information content (AvgIpc) is 2.77. The van der Waals surface area contributed by atoms with Crippen LogP contribution in [0.5, 0.6) is 0 Å². The predicted molar refractivity (Wildman–Crippen MR) is 60.6 cm³/mol. The summed E-state index contributed by atoms with van der Waals surface area (Å²) in [5.41, 5.74) is 1.23. The van der Waals surface area contributed by atoms with Crippen molar-refractivity contribution >= 4 is 0 Å². The third-order valence-electron chi connectivity index (χ3n) is 3.39. The molecule has 15 heavy (non-hydrogen) atoms. The lowest BCUT2D eigenvalue weighted by atomic mass is 10.1. The molecule has 4 nitrogen and oxygen atoms in total. The van der Waals surface area contributed by atoms with E-state index in [4.69, 9.17) is 0 Å². The molecule has 1 aliphatic heterocycles. The van der Waals surface area contributed by atoms with Crippen LogP contribution in [0, 0.1) is 0 Å². The highest BCUT2D eigenvalue weighted by Crippen LogP contribution is 2.18. The number of nitrogens with one attached hydrogen (secondary N) is 2. The largest absolute Gasteiger partial charge is 0.306 e. The zero-order valence-electron chi connectivity index (χ0n) is 9.70. The van der Waals surface area contributed by atoms with E-state index in [1.165, 1.54) is 12.0 Å². The Kier molecular flexibility index (Phi) is 3.07. The molecule has 1 aliphatic rings. The summed E-state index contributed by atoms with van der Waals surface area (Å²) in [5, 5.41) is 10.5. The summed E-state index contributed by atoms with van der Waals surface area (Å²) in [7, 11) is 2.19. The van der Waals surface area contributed by atoms with Crippen LogP contribution in [0.2, 0.25) is 0 Å². The molecule has 0 bridgehead atoms. The summed E-state index contributed by atoms with van der Waals surface area (Å²) in [4.78, 5) is 2.40. The van der Waals surface area contributed by atoms with E-state index in [-0.39, 0.29) is 0 Å². The Bertz CT molecular complexity index is 286. The number of nitrogens with zero attached hydrogens (tertiary/aromatic N) is 2. The van der Waals surface area contributed by atoms with Crippen LogP contribution in [0.25, 0.3) is 0 Å². The first kappa shape index (κ1) is 10.6. The molecule has 1 aromatic rings. The van der Waals surface area contributed by atoms with Gasteiger partial charge in [-0.1, -0.05) is 0 Å². The number of rotatable bonds is 3. The maximum Gasteiger partial charge on any atom is 0.0534 e. The third kappa shape index (κ3) is 2.38. The van der Waals surface area contributed by atoms with Crippen LogP contribution in [0.3, 0.4) is 0 Å². The van der Waals surface area contributed by atoms with Gasteiger partial charge in [-0.05, 0) is 27.3 Å². The Morgan fingerprint density at radius 2 is 2.47 bits per heavy atom. The summed E-state index contributed by atoms with van der Waals surface area (Å²) < 4.78 is 0. The highest BCUT2D eigenvalue weighted by atomic mass is 15.2. The summed E-state index contributed by atoms with van der Waals surface area (Å²) in [6.07, 6.45) is 5.08. The average molecular weight is 208 g/mol. The van der Waals surface area contributed by atoms with Gasteiger partial charge in [-0.15, -0.1) is 0 Å². The zero-order valence-corrected chi connectivity index (χ0v) is 9.70. The van der Waals surface area contributed by atoms with Crippen LogP contribution in [0.15, 0.2) is 12.4 Å². The van der Waals surface area contributed by atoms with Gasteiger partial charge in [0.1, 0.15) is 0 Å². The normalized spacial score (nSPS) is 29.5. The molecule has 3 unspecified atom stereocenters. The Hall–Kier alpha value is -0.870. The molecular formula is C11H20N4. The van der Waals surface area contributed by atoms with Gasteiger partial charge in [-0.3, -0.25) is 5.10 Å². The van der Waals surface area contributed by atoms with Crippen molar-refractivity contribution in [2.75, 3.05) is 13.6 Å². The van der Waals surface area contributed by atoms with Crippen LogP contribution < -0.4 is 5.32 Å². The second kappa shape index (κ2) is 4.33. The first-order valence-electron chi connectivity index (χ1n) is 5.61. The number of aromatic nitrogens is 2. The fourth-order valence-corrected chi connectivity index (χ4v) is 2.26. The number of aromatic amines is 1. The third-order valence-corrected chi connectivity index (χ3v) is 3.39. The van der Waals surface area contributed by atoms with Gasteiger partial charge >= 0.3 is 0 Å². The standard InChI is InChI=1S/C11H20N4/c1-8-4-11(7-15(8)3)14-9(2)10-5-12-13-6-10/h5-6,8-9,11,14H,4,7H2,1-3H3,(H,12,13). The van der Waals surface area contributed by atoms with E-state index in [9.17, 15) is 0 Å². The van der Waals surface area contributed by atoms with Gasteiger partial charge in [0.25, 0.3) is 0 Å². The molecule has 1 aromatic heterocycles. The number of hydrogen-bond donors (Lipinski definition) is 2. The maximum atomic E-state index is 3.97. The minimum absolute atomic E-state index is 0.382. The molecule has 4 heteroatoms. The Morgan fingerprint density at radius 1 is 1.67 bits per heavy atom. The molecule has 0 amide bonds. The van der Waals surface area contributed by atoms with Crippen molar-refractivity contribution in [3.63, 3.8) is 0 Å². The summed E-state index contributed by atoms with van der Waals surface area (Å²) in [6, 6.07) is 1.68. The molecule has 3 atom stereocenters. The van der Waals surface area contributed by atoms with Crippen molar-refractivity contribution in [1.29, 1.82) is 0 Å². The first-order valence-corrected chi connectivity index (χ1v) is 5.61. The van der Waals surface area contributed by atoms with Gasteiger partial charge in [-0.25, -0.2) is 0 Å². The molecule has 0 aromatic carbocycles. The number of likely N-dealkylation sites (N-methyl/N-ethyl adjacent to an activating group) is 1. The van der Waals surface area contributed by atoms with Crippen LogP contribution >= 0.6 is 0 Å². The van der Waals surface area contributed by atoms with E-state index in [1.807, 2.05) is 12.4 Å². The summed E-state index contributed by atoms with van der Waals surface area (Å²) in [6.45, 7) is 5.61. The predicted octanol–water partition coefficient (Wildman–Crippen LogP) is 1.15. The lowest BCUT2D eigenvalue weighted by molar-refractivity contribution is 0.325. The molecular weight excluding hydrogens is 188 g/mol. The van der Waals surface area contributed by atoms with Crippen molar-refractivity contribution in [2.24, 2.45) is 0 Å². The van der Waals surface area contributed by atoms with Gasteiger partial charge in [0, 0.05) is 36.4 Å². The van der Waals surface area contributed by atoms with Gasteiger partial charge in [0.05, 0.1) is 6.20 Å². The molecule has 2 rings (SSSR count). The fraction of sp³-hybridized carbons (Fsp3) is 0.727. The van der Waals surface area contributed by atoms with Crippen LogP contribution in [-0.4, -0.2) is 40.8 Å². The van der Waals surface area contributed by atoms with E-state index in [0.717, 1.165) is 6.54 Å². The van der Waals surface area contributed by atoms with Crippen molar-refractivity contribution in [3.05, 3.63) is 18.0 Å². The highest BCUT2D eigenvalue weighted by molar-refractivity contribution is 5.08. The molecule has 1 fully saturated rings. The number of H-pyrrole nitrogens is 1. The molecule has 0 spiro atoms. The molecule has 0 radical (unpaired) electrons. The second-order valence-corrected chi connectivity index (χ2v) is 4.64. The van der Waals surface area contributed by atoms with E-state index in [0.29, 0.717) is 18.1 Å². The lowest BCUT2D eigenvalue weighted by Gasteiger charge is -2.18. The van der Waals surface area contributed by atoms with Crippen molar-refractivity contribution in [1.82, 2.24) is 20.4 Å². The first-order chi connectivity index (χ1) is 7.16. The van der Waals surface area contributed by atoms with Crippen molar-refractivity contribution in [3.8, 4) is 0 Å². The summed E-state index contributed by atoms with van der Waals surface area (Å²) >= 11 is 0. The monoisotopic (exact) mass is 208 g/mol. The van der Waals surface area contributed by atoms with E-state index >= 15 is 0 Å². The zero-order chi connectivity index (χ0) is 10.8. The quantitative estimate of drug-likeness (QED) is 0.783. The van der Waals surface area contributed by atoms with Crippen LogP contribution in [0.4, 0.5) is 0 Å². The van der Waals surface area contributed by atoms with Crippen LogP contribution in [0.1, 0.15) is 31.9 Å². The lowest BCUT2D eigenvalue weighted by Crippen LogP contribution is -2.33. The molecule has 1 saturated heterocycles. The van der Waals surface area contributed by atoms with Crippen LogP contribution in [-0.2, 0) is 0 Å². The van der Waals surface area contributed by atoms with Crippen molar-refractivity contribution in [2.45, 2.75) is 38.4 Å². The minimum atomic E-state index is 0.382. The summed E-state index contributed by atoms with van der Waals surface area (Å²) in [5.74, 6) is 0. The topological polar surface area (TPSA) is 44.0 Å². The second-order valence-electron chi connectivity index (χ2n) is 4.64. The Balaban J connectivity index is 1.88. The van der Waals surface area contributed by atoms with Gasteiger partial charge in [0.2, 0.25) is 0 Å². The maximum absolute atomic E-state index is 3.97. The number of likely N-dealkylation sites (tertiary alicyclic amines) is 1. The number of hydrogen-bond acceptors (Lipinski definition) is 3. The van der Waals surface area contributed by atoms with E-state index in [2.05, 4.69) is 41.3 Å². The molecule has 2 N–H and O–H groups in total. The fourth-order valence-electron chi connectivity index (χ4n) is 2.26. The van der Waals surface area contributed by atoms with E-state index in [1.54, 1.807) is 0 Å². The highest BCUT2D eigenvalue weighted by Gasteiger charge is 2.26. The molecule has 0 saturated carbocycles. The van der Waals surface area contributed by atoms with Gasteiger partial charge in [-0.2, -0.15) is 5.10 Å². The van der Waals surface area contributed by atoms with Gasteiger partial charge < -0.3 is 10.2 Å². The van der Waals surface area contributed by atoms with Gasteiger partial charge in [0.15, 0.2) is 0 Å². The Morgan fingerprint density at radius 3 is 3.00 bits per heavy atom.